The first-order valence-corrected chi connectivity index (χ1v) is 3.12. The number of hydrogen-bond acceptors (Lipinski definition) is 1. The Hall–Kier alpha value is -1.14. The highest BCUT2D eigenvalue weighted by atomic mass is 19.4. The van der Waals surface area contributed by atoms with E-state index in [4.69, 9.17) is 0 Å². The van der Waals surface area contributed by atoms with E-state index in [1.54, 1.807) is 0 Å². The number of aryl methyl sites for hydroxylation is 1. The molecule has 1 radical (unpaired) electrons. The zero-order valence-electron chi connectivity index (χ0n) is 6.36. The summed E-state index contributed by atoms with van der Waals surface area (Å²) in [7, 11) is 0.992. The van der Waals surface area contributed by atoms with Gasteiger partial charge in [0.15, 0.2) is 0 Å². The summed E-state index contributed by atoms with van der Waals surface area (Å²) in [6.45, 7) is 0. The first-order valence-electron chi connectivity index (χ1n) is 3.12. The summed E-state index contributed by atoms with van der Waals surface area (Å²) < 4.78 is 60.9. The summed E-state index contributed by atoms with van der Waals surface area (Å²) in [5.41, 5.74) is -1.22. The number of hydrogen-bond donors (Lipinski definition) is 0. The van der Waals surface area contributed by atoms with Crippen molar-refractivity contribution in [2.45, 2.75) is 12.1 Å². The van der Waals surface area contributed by atoms with Crippen molar-refractivity contribution in [1.29, 1.82) is 0 Å². The molecule has 0 saturated carbocycles. The summed E-state index contributed by atoms with van der Waals surface area (Å²) in [5, 5.41) is 3.11. The maximum Gasteiger partial charge on any atom is 0.459 e. The van der Waals surface area contributed by atoms with E-state index in [1.165, 1.54) is 0 Å². The second kappa shape index (κ2) is 2.68. The van der Waals surface area contributed by atoms with Gasteiger partial charge in [0.25, 0.3) is 0 Å². The summed E-state index contributed by atoms with van der Waals surface area (Å²) >= 11 is 0. The Morgan fingerprint density at radius 1 is 1.31 bits per heavy atom. The first-order chi connectivity index (χ1) is 5.77. The van der Waals surface area contributed by atoms with Gasteiger partial charge >= 0.3 is 12.1 Å². The van der Waals surface area contributed by atoms with Gasteiger partial charge in [0, 0.05) is 7.05 Å². The first kappa shape index (κ1) is 9.94. The number of halogens is 5. The molecule has 0 aliphatic heterocycles. The fraction of sp³-hybridized carbons (Fsp3) is 0.500. The van der Waals surface area contributed by atoms with Gasteiger partial charge in [-0.3, -0.25) is 4.68 Å². The normalized spacial score (nSPS) is 13.4. The van der Waals surface area contributed by atoms with Crippen LogP contribution < -0.4 is 0 Å². The summed E-state index contributed by atoms with van der Waals surface area (Å²) in [5.74, 6) is -4.88. The molecule has 13 heavy (non-hydrogen) atoms. The number of rotatable bonds is 1. The molecule has 1 aromatic heterocycles. The quantitative estimate of drug-likeness (QED) is 0.631. The maximum absolute atomic E-state index is 12.6. The lowest BCUT2D eigenvalue weighted by atomic mass is 10.2. The summed E-state index contributed by atoms with van der Waals surface area (Å²) in [6.07, 6.45) is -3.69. The molecule has 0 atom stereocenters. The SMILES string of the molecule is Cn1n[c]cc1C(F)(F)C(F)(F)F. The number of alkyl halides is 5. The van der Waals surface area contributed by atoms with Crippen LogP contribution in [0.3, 0.4) is 0 Å². The highest BCUT2D eigenvalue weighted by Crippen LogP contribution is 2.43. The van der Waals surface area contributed by atoms with Crippen molar-refractivity contribution >= 4 is 0 Å². The number of nitrogens with zero attached hydrogens (tertiary/aromatic N) is 2. The van der Waals surface area contributed by atoms with Gasteiger partial charge in [-0.25, -0.2) is 0 Å². The molecule has 0 spiro atoms. The van der Waals surface area contributed by atoms with Crippen LogP contribution in [-0.4, -0.2) is 16.0 Å². The lowest BCUT2D eigenvalue weighted by molar-refractivity contribution is -0.291. The van der Waals surface area contributed by atoms with E-state index in [1.807, 2.05) is 6.20 Å². The molecule has 1 aromatic rings. The molecule has 0 aromatic carbocycles. The van der Waals surface area contributed by atoms with Gasteiger partial charge in [-0.15, -0.1) is 0 Å². The topological polar surface area (TPSA) is 17.8 Å². The molecule has 0 aliphatic carbocycles. The van der Waals surface area contributed by atoms with Gasteiger partial charge in [0.1, 0.15) is 11.9 Å². The van der Waals surface area contributed by atoms with E-state index in [0.29, 0.717) is 10.7 Å². The second-order valence-electron chi connectivity index (χ2n) is 2.35. The smallest absolute Gasteiger partial charge is 0.265 e. The molecule has 7 heteroatoms. The minimum absolute atomic E-state index is 0.438. The zero-order chi connectivity index (χ0) is 10.3. The Kier molecular flexibility index (Phi) is 2.05. The van der Waals surface area contributed by atoms with Crippen LogP contribution in [0.5, 0.6) is 0 Å². The molecule has 1 heterocycles. The molecule has 1 rings (SSSR count). The molecule has 0 fully saturated rings. The van der Waals surface area contributed by atoms with Crippen LogP contribution in [0.15, 0.2) is 6.07 Å². The lowest BCUT2D eigenvalue weighted by Gasteiger charge is -2.19. The standard InChI is InChI=1S/C6H4F5N2/c1-13-4(2-3-12-13)5(7,8)6(9,10)11/h2H,1H3. The van der Waals surface area contributed by atoms with E-state index in [2.05, 4.69) is 5.10 Å². The zero-order valence-corrected chi connectivity index (χ0v) is 6.36. The van der Waals surface area contributed by atoms with Crippen LogP contribution in [0.4, 0.5) is 22.0 Å². The lowest BCUT2D eigenvalue weighted by Crippen LogP contribution is -2.35. The molecule has 0 aliphatic rings. The highest BCUT2D eigenvalue weighted by Gasteiger charge is 2.60. The Morgan fingerprint density at radius 3 is 2.15 bits per heavy atom. The molecule has 0 unspecified atom stereocenters. The molecule has 2 nitrogen and oxygen atoms in total. The largest absolute Gasteiger partial charge is 0.459 e. The van der Waals surface area contributed by atoms with Crippen LogP contribution in [-0.2, 0) is 13.0 Å². The highest BCUT2D eigenvalue weighted by molar-refractivity contribution is 5.09. The number of aromatic nitrogens is 2. The monoisotopic (exact) mass is 199 g/mol. The molecule has 0 saturated heterocycles. The third-order valence-corrected chi connectivity index (χ3v) is 1.44. The third-order valence-electron chi connectivity index (χ3n) is 1.44. The minimum Gasteiger partial charge on any atom is -0.265 e. The van der Waals surface area contributed by atoms with E-state index < -0.39 is 17.8 Å². The van der Waals surface area contributed by atoms with Crippen LogP contribution >= 0.6 is 0 Å². The van der Waals surface area contributed by atoms with Gasteiger partial charge in [0.2, 0.25) is 0 Å². The van der Waals surface area contributed by atoms with Gasteiger partial charge in [-0.2, -0.15) is 27.1 Å². The van der Waals surface area contributed by atoms with Crippen molar-refractivity contribution in [1.82, 2.24) is 9.78 Å². The van der Waals surface area contributed by atoms with Crippen molar-refractivity contribution < 1.29 is 22.0 Å². The molecule has 0 amide bonds. The van der Waals surface area contributed by atoms with Crippen molar-refractivity contribution in [2.75, 3.05) is 0 Å². The van der Waals surface area contributed by atoms with E-state index in [9.17, 15) is 22.0 Å². The van der Waals surface area contributed by atoms with Crippen molar-refractivity contribution in [3.63, 3.8) is 0 Å². The van der Waals surface area contributed by atoms with Gasteiger partial charge in [0.05, 0.1) is 0 Å². The minimum atomic E-state index is -5.60. The van der Waals surface area contributed by atoms with Crippen LogP contribution in [0.25, 0.3) is 0 Å². The Balaban J connectivity index is 3.15. The van der Waals surface area contributed by atoms with Gasteiger partial charge in [-0.05, 0) is 6.07 Å². The van der Waals surface area contributed by atoms with E-state index in [0.717, 1.165) is 7.05 Å². The summed E-state index contributed by atoms with van der Waals surface area (Å²) in [6, 6.07) is 0.507. The van der Waals surface area contributed by atoms with Crippen LogP contribution in [0.1, 0.15) is 5.69 Å². The maximum atomic E-state index is 12.6. The second-order valence-corrected chi connectivity index (χ2v) is 2.35. The van der Waals surface area contributed by atoms with Gasteiger partial charge < -0.3 is 0 Å². The predicted octanol–water partition coefficient (Wildman–Crippen LogP) is 1.87. The van der Waals surface area contributed by atoms with E-state index in [-0.39, 0.29) is 0 Å². The average Bonchev–Trinajstić information content (AvgIpc) is 2.32. The fourth-order valence-corrected chi connectivity index (χ4v) is 0.763. The Bertz CT molecular complexity index is 300. The molecular formula is C6H4F5N2. The van der Waals surface area contributed by atoms with Crippen molar-refractivity contribution in [3.05, 3.63) is 18.0 Å². The Morgan fingerprint density at radius 2 is 1.85 bits per heavy atom. The molecule has 0 N–H and O–H groups in total. The molecule has 0 bridgehead atoms. The third kappa shape index (κ3) is 1.50. The van der Waals surface area contributed by atoms with Crippen molar-refractivity contribution in [3.8, 4) is 0 Å². The van der Waals surface area contributed by atoms with Crippen LogP contribution in [0.2, 0.25) is 0 Å². The van der Waals surface area contributed by atoms with E-state index >= 15 is 0 Å². The molecule has 73 valence electrons. The molecular weight excluding hydrogens is 195 g/mol. The van der Waals surface area contributed by atoms with Crippen molar-refractivity contribution in [2.24, 2.45) is 7.05 Å². The predicted molar refractivity (Wildman–Crippen MR) is 32.0 cm³/mol. The van der Waals surface area contributed by atoms with Crippen LogP contribution in [0, 0.1) is 6.20 Å². The average molecular weight is 199 g/mol. The fourth-order valence-electron chi connectivity index (χ4n) is 0.763. The Labute approximate surface area is 70.0 Å². The van der Waals surface area contributed by atoms with Gasteiger partial charge in [-0.1, -0.05) is 0 Å². The summed E-state index contributed by atoms with van der Waals surface area (Å²) in [4.78, 5) is 0.